The van der Waals surface area contributed by atoms with Gasteiger partial charge in [0.15, 0.2) is 0 Å². The third-order valence-corrected chi connectivity index (χ3v) is 7.14. The molecule has 1 fully saturated rings. The van der Waals surface area contributed by atoms with Gasteiger partial charge in [-0.3, -0.25) is 0 Å². The van der Waals surface area contributed by atoms with Gasteiger partial charge in [-0.15, -0.1) is 0 Å². The number of benzene rings is 2. The summed E-state index contributed by atoms with van der Waals surface area (Å²) < 4.78 is 40.2. The molecule has 6 nitrogen and oxygen atoms in total. The zero-order chi connectivity index (χ0) is 20.6. The Bertz CT molecular complexity index is 1150. The molecule has 3 aromatic rings. The maximum Gasteiger partial charge on any atom is 0.243 e. The smallest absolute Gasteiger partial charge is 0.243 e. The Labute approximate surface area is 174 Å². The quantitative estimate of drug-likeness (QED) is 0.628. The number of sulfonamides is 1. The summed E-state index contributed by atoms with van der Waals surface area (Å²) >= 11 is 6.12. The standard InChI is InChI=1S/C20H20ClFN4O2S/c1-2-19-23-18-13-14(21)3-8-17(18)20(24-19)25-9-11-26(12-10-25)29(27,28)16-6-4-15(22)5-7-16/h3-8,13H,2,9-12H2,1H3. The molecule has 0 unspecified atom stereocenters. The number of rotatable bonds is 4. The Hall–Kier alpha value is -2.29. The molecule has 0 N–H and O–H groups in total. The first-order valence-electron chi connectivity index (χ1n) is 9.35. The van der Waals surface area contributed by atoms with Gasteiger partial charge in [0, 0.05) is 43.0 Å². The lowest BCUT2D eigenvalue weighted by Crippen LogP contribution is -2.49. The van der Waals surface area contributed by atoms with Crippen molar-refractivity contribution >= 4 is 38.3 Å². The molecule has 1 aliphatic heterocycles. The third-order valence-electron chi connectivity index (χ3n) is 4.99. The summed E-state index contributed by atoms with van der Waals surface area (Å²) in [5.74, 6) is 1.05. The van der Waals surface area contributed by atoms with Gasteiger partial charge in [0.2, 0.25) is 10.0 Å². The first-order valence-corrected chi connectivity index (χ1v) is 11.2. The maximum atomic E-state index is 13.1. The van der Waals surface area contributed by atoms with Crippen LogP contribution < -0.4 is 4.90 Å². The second-order valence-corrected chi connectivity index (χ2v) is 9.20. The van der Waals surface area contributed by atoms with E-state index >= 15 is 0 Å². The van der Waals surface area contributed by atoms with Crippen LogP contribution in [-0.2, 0) is 16.4 Å². The van der Waals surface area contributed by atoms with Crippen LogP contribution in [0.3, 0.4) is 0 Å². The zero-order valence-electron chi connectivity index (χ0n) is 15.8. The summed E-state index contributed by atoms with van der Waals surface area (Å²) in [7, 11) is -3.66. The highest BCUT2D eigenvalue weighted by Gasteiger charge is 2.29. The first-order chi connectivity index (χ1) is 13.9. The van der Waals surface area contributed by atoms with Crippen LogP contribution in [0, 0.1) is 5.82 Å². The lowest BCUT2D eigenvalue weighted by atomic mass is 10.2. The SMILES string of the molecule is CCc1nc(N2CCN(S(=O)(=O)c3ccc(F)cc3)CC2)c2ccc(Cl)cc2n1. The number of hydrogen-bond acceptors (Lipinski definition) is 5. The first kappa shape index (κ1) is 20.0. The van der Waals surface area contributed by atoms with Crippen molar-refractivity contribution in [3.8, 4) is 0 Å². The number of aryl methyl sites for hydroxylation is 1. The summed E-state index contributed by atoms with van der Waals surface area (Å²) in [5.41, 5.74) is 0.778. The molecule has 0 aliphatic carbocycles. The molecule has 0 saturated carbocycles. The summed E-state index contributed by atoms with van der Waals surface area (Å²) in [5, 5.41) is 1.50. The van der Waals surface area contributed by atoms with Crippen LogP contribution in [0.25, 0.3) is 10.9 Å². The lowest BCUT2D eigenvalue weighted by Gasteiger charge is -2.35. The monoisotopic (exact) mass is 434 g/mol. The fraction of sp³-hybridized carbons (Fsp3) is 0.300. The number of piperazine rings is 1. The van der Waals surface area contributed by atoms with Gasteiger partial charge in [-0.25, -0.2) is 22.8 Å². The Morgan fingerprint density at radius 3 is 2.38 bits per heavy atom. The molecule has 152 valence electrons. The Balaban J connectivity index is 1.59. The molecule has 0 radical (unpaired) electrons. The summed E-state index contributed by atoms with van der Waals surface area (Å²) in [6, 6.07) is 10.4. The zero-order valence-corrected chi connectivity index (χ0v) is 17.4. The Morgan fingerprint density at radius 2 is 1.72 bits per heavy atom. The van der Waals surface area contributed by atoms with E-state index in [2.05, 4.69) is 14.9 Å². The van der Waals surface area contributed by atoms with E-state index in [0.29, 0.717) is 37.6 Å². The van der Waals surface area contributed by atoms with Crippen molar-refractivity contribution in [1.29, 1.82) is 0 Å². The lowest BCUT2D eigenvalue weighted by molar-refractivity contribution is 0.384. The van der Waals surface area contributed by atoms with Crippen LogP contribution in [0.5, 0.6) is 0 Å². The molecule has 2 aromatic carbocycles. The van der Waals surface area contributed by atoms with Crippen molar-refractivity contribution in [2.24, 2.45) is 0 Å². The molecule has 29 heavy (non-hydrogen) atoms. The van der Waals surface area contributed by atoms with E-state index in [9.17, 15) is 12.8 Å². The molecule has 0 amide bonds. The van der Waals surface area contributed by atoms with Gasteiger partial charge in [0.05, 0.1) is 10.4 Å². The molecule has 4 rings (SSSR count). The highest BCUT2D eigenvalue weighted by atomic mass is 35.5. The molecule has 1 aromatic heterocycles. The van der Waals surface area contributed by atoms with Crippen LogP contribution in [0.2, 0.25) is 5.02 Å². The summed E-state index contributed by atoms with van der Waals surface area (Å²) in [6.07, 6.45) is 0.689. The molecule has 1 aliphatic rings. The minimum atomic E-state index is -3.66. The van der Waals surface area contributed by atoms with Gasteiger partial charge in [-0.05, 0) is 42.5 Å². The van der Waals surface area contributed by atoms with Gasteiger partial charge in [-0.2, -0.15) is 4.31 Å². The molecule has 1 saturated heterocycles. The van der Waals surface area contributed by atoms with Gasteiger partial charge < -0.3 is 4.90 Å². The molecule has 0 bridgehead atoms. The Kier molecular flexibility index (Phi) is 5.42. The molecule has 9 heteroatoms. The number of nitrogens with zero attached hydrogens (tertiary/aromatic N) is 4. The van der Waals surface area contributed by atoms with Crippen LogP contribution in [0.4, 0.5) is 10.2 Å². The van der Waals surface area contributed by atoms with Crippen LogP contribution in [0.15, 0.2) is 47.4 Å². The molecule has 2 heterocycles. The second kappa shape index (κ2) is 7.85. The van der Waals surface area contributed by atoms with Crippen molar-refractivity contribution in [3.05, 3.63) is 59.1 Å². The van der Waals surface area contributed by atoms with E-state index in [1.807, 2.05) is 19.1 Å². The van der Waals surface area contributed by atoms with E-state index in [4.69, 9.17) is 11.6 Å². The normalized spacial score (nSPS) is 15.8. The van der Waals surface area contributed by atoms with Crippen molar-refractivity contribution in [1.82, 2.24) is 14.3 Å². The number of aromatic nitrogens is 2. The van der Waals surface area contributed by atoms with Gasteiger partial charge in [0.1, 0.15) is 17.5 Å². The predicted molar refractivity (Wildman–Crippen MR) is 111 cm³/mol. The fourth-order valence-electron chi connectivity index (χ4n) is 3.43. The molecule has 0 atom stereocenters. The highest BCUT2D eigenvalue weighted by Crippen LogP contribution is 2.28. The number of anilines is 1. The van der Waals surface area contributed by atoms with E-state index in [1.54, 1.807) is 6.07 Å². The van der Waals surface area contributed by atoms with E-state index in [1.165, 1.54) is 16.4 Å². The molecular formula is C20H20ClFN4O2S. The van der Waals surface area contributed by atoms with E-state index < -0.39 is 15.8 Å². The Morgan fingerprint density at radius 1 is 1.03 bits per heavy atom. The van der Waals surface area contributed by atoms with Crippen molar-refractivity contribution in [2.75, 3.05) is 31.1 Å². The number of fused-ring (bicyclic) bond motifs is 1. The minimum Gasteiger partial charge on any atom is -0.353 e. The van der Waals surface area contributed by atoms with E-state index in [0.717, 1.165) is 34.7 Å². The number of hydrogen-bond donors (Lipinski definition) is 0. The van der Waals surface area contributed by atoms with Gasteiger partial charge in [0.25, 0.3) is 0 Å². The average molecular weight is 435 g/mol. The summed E-state index contributed by atoms with van der Waals surface area (Å²) in [6.45, 7) is 3.62. The van der Waals surface area contributed by atoms with E-state index in [-0.39, 0.29) is 4.90 Å². The second-order valence-electron chi connectivity index (χ2n) is 6.82. The third kappa shape index (κ3) is 3.92. The molecular weight excluding hydrogens is 415 g/mol. The van der Waals surface area contributed by atoms with Crippen LogP contribution >= 0.6 is 11.6 Å². The fourth-order valence-corrected chi connectivity index (χ4v) is 5.02. The van der Waals surface area contributed by atoms with Crippen molar-refractivity contribution in [3.63, 3.8) is 0 Å². The van der Waals surface area contributed by atoms with Gasteiger partial charge >= 0.3 is 0 Å². The van der Waals surface area contributed by atoms with Crippen LogP contribution in [0.1, 0.15) is 12.7 Å². The minimum absolute atomic E-state index is 0.0998. The maximum absolute atomic E-state index is 13.1. The van der Waals surface area contributed by atoms with Crippen molar-refractivity contribution < 1.29 is 12.8 Å². The van der Waals surface area contributed by atoms with Gasteiger partial charge in [-0.1, -0.05) is 18.5 Å². The average Bonchev–Trinajstić information content (AvgIpc) is 2.73. The van der Waals surface area contributed by atoms with Crippen molar-refractivity contribution in [2.45, 2.75) is 18.2 Å². The highest BCUT2D eigenvalue weighted by molar-refractivity contribution is 7.89. The summed E-state index contributed by atoms with van der Waals surface area (Å²) in [4.78, 5) is 11.4. The van der Waals surface area contributed by atoms with Crippen LogP contribution in [-0.4, -0.2) is 48.9 Å². The number of halogens is 2. The largest absolute Gasteiger partial charge is 0.353 e. The topological polar surface area (TPSA) is 66.4 Å². The predicted octanol–water partition coefficient (Wildman–Crippen LogP) is 3.50. The molecule has 0 spiro atoms.